The van der Waals surface area contributed by atoms with Crippen LogP contribution in [0.1, 0.15) is 48.5 Å². The summed E-state index contributed by atoms with van der Waals surface area (Å²) in [6, 6.07) is 26.5. The Kier molecular flexibility index (Phi) is 9.81. The van der Waals surface area contributed by atoms with E-state index in [1.54, 1.807) is 12.4 Å². The molecular weight excluding hydrogens is 566 g/mol. The van der Waals surface area contributed by atoms with E-state index in [-0.39, 0.29) is 30.6 Å². The Labute approximate surface area is 264 Å². The average molecular weight is 608 g/mol. The molecule has 1 aromatic heterocycles. The van der Waals surface area contributed by atoms with Crippen molar-refractivity contribution < 1.29 is 19.4 Å². The molecule has 9 heteroatoms. The van der Waals surface area contributed by atoms with E-state index in [0.29, 0.717) is 6.54 Å². The molecule has 2 saturated heterocycles. The van der Waals surface area contributed by atoms with Crippen LogP contribution in [0.2, 0.25) is 0 Å². The normalized spacial score (nSPS) is 22.2. The maximum absolute atomic E-state index is 11.4. The molecule has 2 aliphatic heterocycles. The standard InChI is InChI=1S/C36H41N5O4/c1-25-33(23-40-17-19-41(20-18-40)36-37-15-4-16-38-36)44-35(45-34(25)30-9-7-27(24-42)8-10-30)31-13-11-29(12-14-31)32-6-3-5-28(21-32)22-39-26(2)43/h3-16,21,25,33-35,42H,17-20,22-24H2,1-2H3,(H,39,43)/t25-,33+,34+,35+/m1/s1. The minimum atomic E-state index is -0.520. The molecule has 4 aromatic rings. The minimum Gasteiger partial charge on any atom is -0.392 e. The van der Waals surface area contributed by atoms with Crippen LogP contribution in [0.4, 0.5) is 5.95 Å². The highest BCUT2D eigenvalue weighted by atomic mass is 16.7. The molecule has 0 spiro atoms. The van der Waals surface area contributed by atoms with Crippen molar-refractivity contribution in [1.29, 1.82) is 0 Å². The Morgan fingerprint density at radius 3 is 2.27 bits per heavy atom. The predicted molar refractivity (Wildman–Crippen MR) is 173 cm³/mol. The molecule has 6 rings (SSSR count). The molecule has 2 fully saturated rings. The van der Waals surface area contributed by atoms with Crippen LogP contribution in [0.5, 0.6) is 0 Å². The Morgan fingerprint density at radius 2 is 1.58 bits per heavy atom. The number of aliphatic hydroxyl groups excluding tert-OH is 1. The second kappa shape index (κ2) is 14.3. The third kappa shape index (κ3) is 7.57. The average Bonchev–Trinajstić information content (AvgIpc) is 3.09. The van der Waals surface area contributed by atoms with Crippen molar-refractivity contribution in [1.82, 2.24) is 20.2 Å². The van der Waals surface area contributed by atoms with E-state index in [4.69, 9.17) is 9.47 Å². The lowest BCUT2D eigenvalue weighted by atomic mass is 9.89. The number of piperazine rings is 1. The molecule has 2 aliphatic rings. The van der Waals surface area contributed by atoms with Gasteiger partial charge in [-0.2, -0.15) is 0 Å². The van der Waals surface area contributed by atoms with Crippen molar-refractivity contribution in [3.8, 4) is 11.1 Å². The smallest absolute Gasteiger partial charge is 0.225 e. The third-order valence-corrected chi connectivity index (χ3v) is 8.75. The molecule has 0 bridgehead atoms. The van der Waals surface area contributed by atoms with Gasteiger partial charge >= 0.3 is 0 Å². The molecule has 234 valence electrons. The minimum absolute atomic E-state index is 0.0121. The van der Waals surface area contributed by atoms with Gasteiger partial charge in [-0.3, -0.25) is 9.69 Å². The number of carbonyl (C=O) groups excluding carboxylic acids is 1. The molecule has 9 nitrogen and oxygen atoms in total. The fraction of sp³-hybridized carbons (Fsp3) is 0.361. The number of hydrogen-bond acceptors (Lipinski definition) is 8. The maximum Gasteiger partial charge on any atom is 0.225 e. The molecule has 0 unspecified atom stereocenters. The lowest BCUT2D eigenvalue weighted by Crippen LogP contribution is -2.51. The van der Waals surface area contributed by atoms with Gasteiger partial charge in [0.1, 0.15) is 0 Å². The van der Waals surface area contributed by atoms with Crippen LogP contribution >= 0.6 is 0 Å². The molecule has 1 amide bonds. The molecule has 4 atom stereocenters. The van der Waals surface area contributed by atoms with Crippen LogP contribution in [0.25, 0.3) is 11.1 Å². The van der Waals surface area contributed by atoms with Gasteiger partial charge in [-0.25, -0.2) is 9.97 Å². The maximum atomic E-state index is 11.4. The second-order valence-electron chi connectivity index (χ2n) is 11.9. The zero-order valence-corrected chi connectivity index (χ0v) is 25.9. The zero-order valence-electron chi connectivity index (χ0n) is 25.9. The summed E-state index contributed by atoms with van der Waals surface area (Å²) < 4.78 is 13.4. The van der Waals surface area contributed by atoms with E-state index in [1.165, 1.54) is 6.92 Å². The Balaban J connectivity index is 1.19. The van der Waals surface area contributed by atoms with E-state index in [0.717, 1.165) is 72.1 Å². The number of carbonyl (C=O) groups is 1. The van der Waals surface area contributed by atoms with Gasteiger partial charge in [-0.1, -0.05) is 73.7 Å². The van der Waals surface area contributed by atoms with Gasteiger partial charge in [0.15, 0.2) is 6.29 Å². The predicted octanol–water partition coefficient (Wildman–Crippen LogP) is 4.89. The zero-order chi connectivity index (χ0) is 31.2. The van der Waals surface area contributed by atoms with E-state index < -0.39 is 6.29 Å². The molecular formula is C36H41N5O4. The Morgan fingerprint density at radius 1 is 0.867 bits per heavy atom. The first-order valence-electron chi connectivity index (χ1n) is 15.7. The molecule has 0 radical (unpaired) electrons. The first-order valence-corrected chi connectivity index (χ1v) is 15.7. The van der Waals surface area contributed by atoms with Crippen LogP contribution in [-0.4, -0.2) is 64.7 Å². The SMILES string of the molecule is CC(=O)NCc1cccc(-c2ccc([C@H]3O[C@@H](CN4CCN(c5ncccn5)CC4)[C@@H](C)[C@@H](c4ccc(CO)cc4)O3)cc2)c1. The fourth-order valence-electron chi connectivity index (χ4n) is 6.09. The lowest BCUT2D eigenvalue weighted by molar-refractivity contribution is -0.276. The number of hydrogen-bond donors (Lipinski definition) is 2. The summed E-state index contributed by atoms with van der Waals surface area (Å²) in [4.78, 5) is 24.9. The van der Waals surface area contributed by atoms with Crippen molar-refractivity contribution >= 4 is 11.9 Å². The van der Waals surface area contributed by atoms with Crippen LogP contribution in [0.15, 0.2) is 91.3 Å². The second-order valence-corrected chi connectivity index (χ2v) is 11.9. The summed E-state index contributed by atoms with van der Waals surface area (Å²) in [6.07, 6.45) is 2.85. The summed E-state index contributed by atoms with van der Waals surface area (Å²) in [5.74, 6) is 0.848. The Hall–Kier alpha value is -4.15. The number of aliphatic hydroxyl groups is 1. The van der Waals surface area contributed by atoms with Crippen molar-refractivity contribution in [2.24, 2.45) is 5.92 Å². The summed E-state index contributed by atoms with van der Waals surface area (Å²) >= 11 is 0. The van der Waals surface area contributed by atoms with Gasteiger partial charge in [0.2, 0.25) is 11.9 Å². The number of benzene rings is 3. The molecule has 0 aliphatic carbocycles. The fourth-order valence-corrected chi connectivity index (χ4v) is 6.09. The number of nitrogens with one attached hydrogen (secondary N) is 1. The van der Waals surface area contributed by atoms with Crippen LogP contribution in [0, 0.1) is 5.92 Å². The van der Waals surface area contributed by atoms with Gasteiger partial charge in [0.25, 0.3) is 0 Å². The largest absolute Gasteiger partial charge is 0.392 e. The molecule has 0 saturated carbocycles. The van der Waals surface area contributed by atoms with Crippen molar-refractivity contribution in [2.75, 3.05) is 37.6 Å². The topological polar surface area (TPSA) is 100 Å². The molecule has 45 heavy (non-hydrogen) atoms. The number of amides is 1. The highest BCUT2D eigenvalue weighted by Crippen LogP contribution is 2.42. The quantitative estimate of drug-likeness (QED) is 0.278. The van der Waals surface area contributed by atoms with Crippen LogP contribution in [0.3, 0.4) is 0 Å². The van der Waals surface area contributed by atoms with Gasteiger partial charge in [-0.05, 0) is 39.9 Å². The van der Waals surface area contributed by atoms with Gasteiger partial charge in [0, 0.05) is 70.1 Å². The molecule has 3 heterocycles. The summed E-state index contributed by atoms with van der Waals surface area (Å²) in [7, 11) is 0. The molecule has 2 N–H and O–H groups in total. The monoisotopic (exact) mass is 607 g/mol. The highest BCUT2D eigenvalue weighted by molar-refractivity contribution is 5.73. The van der Waals surface area contributed by atoms with Gasteiger partial charge < -0.3 is 24.8 Å². The number of aromatic nitrogens is 2. The van der Waals surface area contributed by atoms with E-state index in [2.05, 4.69) is 80.5 Å². The van der Waals surface area contributed by atoms with E-state index in [9.17, 15) is 9.90 Å². The highest BCUT2D eigenvalue weighted by Gasteiger charge is 2.39. The van der Waals surface area contributed by atoms with Crippen molar-refractivity contribution in [3.05, 3.63) is 114 Å². The van der Waals surface area contributed by atoms with E-state index in [1.807, 2.05) is 30.3 Å². The van der Waals surface area contributed by atoms with E-state index >= 15 is 0 Å². The summed E-state index contributed by atoms with van der Waals surface area (Å²) in [6.45, 7) is 8.59. The number of rotatable bonds is 9. The number of nitrogens with zero attached hydrogens (tertiary/aromatic N) is 4. The van der Waals surface area contributed by atoms with Crippen LogP contribution < -0.4 is 10.2 Å². The number of anilines is 1. The van der Waals surface area contributed by atoms with Crippen molar-refractivity contribution in [2.45, 2.75) is 45.5 Å². The van der Waals surface area contributed by atoms with Crippen LogP contribution in [-0.2, 0) is 27.4 Å². The first kappa shape index (κ1) is 30.9. The number of ether oxygens (including phenoxy) is 2. The Bertz CT molecular complexity index is 1540. The third-order valence-electron chi connectivity index (χ3n) is 8.75. The lowest BCUT2D eigenvalue weighted by Gasteiger charge is -2.44. The van der Waals surface area contributed by atoms with Gasteiger partial charge in [0.05, 0.1) is 18.8 Å². The molecule has 3 aromatic carbocycles. The van der Waals surface area contributed by atoms with Crippen molar-refractivity contribution in [3.63, 3.8) is 0 Å². The summed E-state index contributed by atoms with van der Waals surface area (Å²) in [5.41, 5.74) is 6.15. The van der Waals surface area contributed by atoms with Gasteiger partial charge in [-0.15, -0.1) is 0 Å². The first-order chi connectivity index (χ1) is 22.0. The summed E-state index contributed by atoms with van der Waals surface area (Å²) in [5, 5.41) is 12.4.